The Bertz CT molecular complexity index is 551. The quantitative estimate of drug-likeness (QED) is 0.839. The summed E-state index contributed by atoms with van der Waals surface area (Å²) in [6.45, 7) is 3.57. The molecule has 0 radical (unpaired) electrons. The van der Waals surface area contributed by atoms with Crippen LogP contribution in [-0.4, -0.2) is 47.9 Å². The highest BCUT2D eigenvalue weighted by molar-refractivity contribution is 5.94. The van der Waals surface area contributed by atoms with Gasteiger partial charge in [-0.3, -0.25) is 9.69 Å². The first kappa shape index (κ1) is 14.2. The Kier molecular flexibility index (Phi) is 3.65. The van der Waals surface area contributed by atoms with Crippen molar-refractivity contribution in [1.82, 2.24) is 9.80 Å². The van der Waals surface area contributed by atoms with Crippen molar-refractivity contribution < 1.29 is 9.18 Å². The predicted molar refractivity (Wildman–Crippen MR) is 83.1 cm³/mol. The molecule has 1 aromatic carbocycles. The second-order valence-electron chi connectivity index (χ2n) is 7.08. The molecule has 0 aromatic heterocycles. The highest BCUT2D eigenvalue weighted by Gasteiger charge is 2.42. The second-order valence-corrected chi connectivity index (χ2v) is 7.08. The number of rotatable bonds is 2. The molecule has 1 heterocycles. The van der Waals surface area contributed by atoms with Crippen LogP contribution in [0, 0.1) is 17.7 Å². The monoisotopic (exact) mass is 302 g/mol. The van der Waals surface area contributed by atoms with Crippen molar-refractivity contribution in [3.63, 3.8) is 0 Å². The molecule has 3 nitrogen and oxygen atoms in total. The molecule has 2 bridgehead atoms. The van der Waals surface area contributed by atoms with Crippen molar-refractivity contribution in [3.05, 3.63) is 35.6 Å². The van der Waals surface area contributed by atoms with Crippen LogP contribution in [0.2, 0.25) is 0 Å². The number of nitrogens with zero attached hydrogens (tertiary/aromatic N) is 2. The van der Waals surface area contributed by atoms with Crippen LogP contribution in [0.25, 0.3) is 0 Å². The number of hydrogen-bond donors (Lipinski definition) is 0. The Balaban J connectivity index is 1.35. The minimum atomic E-state index is -0.294. The van der Waals surface area contributed by atoms with E-state index < -0.39 is 0 Å². The minimum Gasteiger partial charge on any atom is -0.336 e. The lowest BCUT2D eigenvalue weighted by Crippen LogP contribution is -2.53. The summed E-state index contributed by atoms with van der Waals surface area (Å²) in [6.07, 6.45) is 5.64. The van der Waals surface area contributed by atoms with Gasteiger partial charge in [0.05, 0.1) is 0 Å². The maximum Gasteiger partial charge on any atom is 0.253 e. The molecule has 4 rings (SSSR count). The topological polar surface area (TPSA) is 23.6 Å². The molecule has 3 fully saturated rings. The summed E-state index contributed by atoms with van der Waals surface area (Å²) in [6, 6.07) is 6.65. The van der Waals surface area contributed by atoms with Gasteiger partial charge in [0.25, 0.3) is 5.91 Å². The van der Waals surface area contributed by atoms with Gasteiger partial charge in [-0.25, -0.2) is 4.39 Å². The van der Waals surface area contributed by atoms with E-state index in [-0.39, 0.29) is 11.7 Å². The lowest BCUT2D eigenvalue weighted by molar-refractivity contribution is 0.0496. The van der Waals surface area contributed by atoms with E-state index in [1.807, 2.05) is 4.90 Å². The van der Waals surface area contributed by atoms with Gasteiger partial charge in [0.15, 0.2) is 0 Å². The molecule has 0 unspecified atom stereocenters. The smallest absolute Gasteiger partial charge is 0.253 e. The van der Waals surface area contributed by atoms with Crippen LogP contribution >= 0.6 is 0 Å². The molecule has 3 aliphatic rings. The number of hydrogen-bond acceptors (Lipinski definition) is 2. The molecule has 1 aromatic rings. The minimum absolute atomic E-state index is 0.0348. The molecule has 0 spiro atoms. The zero-order valence-electron chi connectivity index (χ0n) is 12.9. The summed E-state index contributed by atoms with van der Waals surface area (Å²) in [5.74, 6) is 1.61. The molecule has 22 heavy (non-hydrogen) atoms. The first-order valence-electron chi connectivity index (χ1n) is 8.49. The van der Waals surface area contributed by atoms with E-state index in [1.165, 1.54) is 37.8 Å². The van der Waals surface area contributed by atoms with E-state index in [0.29, 0.717) is 5.56 Å². The third kappa shape index (κ3) is 2.54. The van der Waals surface area contributed by atoms with Crippen LogP contribution in [-0.2, 0) is 0 Å². The van der Waals surface area contributed by atoms with Gasteiger partial charge in [-0.05, 0) is 55.4 Å². The van der Waals surface area contributed by atoms with Crippen LogP contribution in [0.15, 0.2) is 24.3 Å². The van der Waals surface area contributed by atoms with Gasteiger partial charge in [0, 0.05) is 37.8 Å². The summed E-state index contributed by atoms with van der Waals surface area (Å²) in [5.41, 5.74) is 0.592. The molecule has 1 amide bonds. The molecule has 0 N–H and O–H groups in total. The second kappa shape index (κ2) is 5.65. The molecular formula is C18H23FN2O. The third-order valence-electron chi connectivity index (χ3n) is 5.86. The molecule has 3 atom stereocenters. The van der Waals surface area contributed by atoms with E-state index in [2.05, 4.69) is 4.90 Å². The van der Waals surface area contributed by atoms with Crippen molar-refractivity contribution in [2.24, 2.45) is 11.8 Å². The number of benzene rings is 1. The summed E-state index contributed by atoms with van der Waals surface area (Å²) in [4.78, 5) is 17.0. The molecule has 2 saturated carbocycles. The van der Waals surface area contributed by atoms with Gasteiger partial charge in [-0.15, -0.1) is 0 Å². The van der Waals surface area contributed by atoms with Gasteiger partial charge >= 0.3 is 0 Å². The van der Waals surface area contributed by atoms with Gasteiger partial charge in [-0.2, -0.15) is 0 Å². The van der Waals surface area contributed by atoms with Crippen molar-refractivity contribution >= 4 is 5.91 Å². The van der Waals surface area contributed by atoms with E-state index in [4.69, 9.17) is 0 Å². The van der Waals surface area contributed by atoms with Crippen LogP contribution in [0.3, 0.4) is 0 Å². The van der Waals surface area contributed by atoms with E-state index in [9.17, 15) is 9.18 Å². The molecule has 4 heteroatoms. The zero-order chi connectivity index (χ0) is 15.1. The number of carbonyl (C=O) groups is 1. The number of halogens is 1. The Hall–Kier alpha value is -1.42. The number of carbonyl (C=O) groups excluding carboxylic acids is 1. The number of amides is 1. The largest absolute Gasteiger partial charge is 0.336 e. The highest BCUT2D eigenvalue weighted by atomic mass is 19.1. The van der Waals surface area contributed by atoms with Gasteiger partial charge in [0.2, 0.25) is 0 Å². The normalized spacial score (nSPS) is 31.7. The molecule has 118 valence electrons. The van der Waals surface area contributed by atoms with Crippen LogP contribution in [0.1, 0.15) is 36.0 Å². The molecular weight excluding hydrogens is 279 g/mol. The summed E-state index contributed by atoms with van der Waals surface area (Å²) < 4.78 is 13.0. The van der Waals surface area contributed by atoms with E-state index in [0.717, 1.165) is 44.1 Å². The van der Waals surface area contributed by atoms with E-state index >= 15 is 0 Å². The van der Waals surface area contributed by atoms with Gasteiger partial charge in [-0.1, -0.05) is 6.42 Å². The SMILES string of the molecule is O=C(c1ccc(F)cc1)N1CCN([C@@H]2C[C@@H]3CC[C@@H]2C3)CC1. The lowest BCUT2D eigenvalue weighted by Gasteiger charge is -2.41. The standard InChI is InChI=1S/C18H23FN2O/c19-16-5-3-14(4-6-16)18(22)21-9-7-20(8-10-21)17-12-13-1-2-15(17)11-13/h3-6,13,15,17H,1-2,7-12H2/t13-,15-,17-/m1/s1. The van der Waals surface area contributed by atoms with Crippen molar-refractivity contribution in [2.75, 3.05) is 26.2 Å². The molecule has 2 aliphatic carbocycles. The van der Waals surface area contributed by atoms with Crippen LogP contribution in [0.5, 0.6) is 0 Å². The Morgan fingerprint density at radius 3 is 2.32 bits per heavy atom. The predicted octanol–water partition coefficient (Wildman–Crippen LogP) is 2.77. The summed E-state index contributed by atoms with van der Waals surface area (Å²) >= 11 is 0. The highest BCUT2D eigenvalue weighted by Crippen LogP contribution is 2.46. The summed E-state index contributed by atoms with van der Waals surface area (Å²) in [7, 11) is 0. The molecule has 1 aliphatic heterocycles. The first-order chi connectivity index (χ1) is 10.7. The average molecular weight is 302 g/mol. The van der Waals surface area contributed by atoms with Gasteiger partial charge in [0.1, 0.15) is 5.82 Å². The fourth-order valence-corrected chi connectivity index (χ4v) is 4.69. The lowest BCUT2D eigenvalue weighted by atomic mass is 9.93. The van der Waals surface area contributed by atoms with Gasteiger partial charge < -0.3 is 4.90 Å². The van der Waals surface area contributed by atoms with Crippen molar-refractivity contribution in [2.45, 2.75) is 31.7 Å². The third-order valence-corrected chi connectivity index (χ3v) is 5.86. The molecule has 1 saturated heterocycles. The number of piperazine rings is 1. The van der Waals surface area contributed by atoms with Crippen molar-refractivity contribution in [3.8, 4) is 0 Å². The summed E-state index contributed by atoms with van der Waals surface area (Å²) in [5, 5.41) is 0. The Morgan fingerprint density at radius 2 is 1.73 bits per heavy atom. The van der Waals surface area contributed by atoms with E-state index in [1.54, 1.807) is 12.1 Å². The Morgan fingerprint density at radius 1 is 1.00 bits per heavy atom. The van der Waals surface area contributed by atoms with Crippen LogP contribution in [0.4, 0.5) is 4.39 Å². The fourth-order valence-electron chi connectivity index (χ4n) is 4.69. The maximum absolute atomic E-state index is 13.0. The first-order valence-corrected chi connectivity index (χ1v) is 8.49. The zero-order valence-corrected chi connectivity index (χ0v) is 12.9. The Labute approximate surface area is 131 Å². The van der Waals surface area contributed by atoms with Crippen molar-refractivity contribution in [1.29, 1.82) is 0 Å². The van der Waals surface area contributed by atoms with Crippen LogP contribution < -0.4 is 0 Å². The maximum atomic E-state index is 13.0. The fraction of sp³-hybridized carbons (Fsp3) is 0.611. The number of fused-ring (bicyclic) bond motifs is 2. The average Bonchev–Trinajstić information content (AvgIpc) is 3.18.